The van der Waals surface area contributed by atoms with E-state index in [0.29, 0.717) is 44.6 Å². The van der Waals surface area contributed by atoms with Crippen molar-refractivity contribution in [1.29, 1.82) is 0 Å². The number of non-ortho nitro benzene ring substituents is 1. The van der Waals surface area contributed by atoms with Gasteiger partial charge in [-0.3, -0.25) is 10.1 Å². The van der Waals surface area contributed by atoms with Gasteiger partial charge < -0.3 is 35.6 Å². The summed E-state index contributed by atoms with van der Waals surface area (Å²) in [5.74, 6) is 5.25. The fraction of sp³-hybridized carbons (Fsp3) is 0.150. The molecule has 0 unspecified atom stereocenters. The van der Waals surface area contributed by atoms with Gasteiger partial charge in [-0.05, 0) is 47.5 Å². The molecule has 0 aliphatic heterocycles. The van der Waals surface area contributed by atoms with E-state index in [1.165, 1.54) is 30.1 Å². The Morgan fingerprint density at radius 3 is 1.34 bits per heavy atom. The van der Waals surface area contributed by atoms with Crippen molar-refractivity contribution < 1.29 is 34.8 Å². The van der Waals surface area contributed by atoms with Crippen LogP contribution in [0, 0.1) is 10.1 Å². The molecule has 4 aromatic carbocycles. The lowest BCUT2D eigenvalue weighted by atomic mass is 10.2. The molecule has 2 N–H and O–H groups in total. The molecule has 0 atom stereocenters. The highest BCUT2D eigenvalue weighted by atomic mass is 35.5. The molecule has 0 aliphatic carbocycles. The van der Waals surface area contributed by atoms with Gasteiger partial charge in [0.1, 0.15) is 11.5 Å². The van der Waals surface area contributed by atoms with E-state index in [-0.39, 0.29) is 28.8 Å². The highest BCUT2D eigenvalue weighted by Crippen LogP contribution is 2.42. The number of ether oxygens (including phenoxy) is 6. The van der Waals surface area contributed by atoms with Crippen LogP contribution in [0.5, 0.6) is 46.3 Å². The molecule has 18 heteroatoms. The molecule has 0 amide bonds. The van der Waals surface area contributed by atoms with Crippen molar-refractivity contribution in [2.75, 3.05) is 34.2 Å². The number of pyridine rings is 2. The van der Waals surface area contributed by atoms with Crippen LogP contribution in [-0.2, 0) is 11.5 Å². The average Bonchev–Trinajstić information content (AvgIpc) is 3.22. The molecule has 0 radical (unpaired) electrons. The molecule has 0 aliphatic rings. The molecule has 6 rings (SSSR count). The number of nitrogens with zero attached hydrogens (tertiary/aromatic N) is 3. The van der Waals surface area contributed by atoms with Gasteiger partial charge in [-0.1, -0.05) is 70.7 Å². The maximum Gasteiger partial charge on any atom is 0.272 e. The van der Waals surface area contributed by atoms with Crippen molar-refractivity contribution in [3.63, 3.8) is 0 Å². The SMILES string of the molecule is COc1ccc(CSc2cc(Oc3c(Cl)cc(N)cc3Cl)ncc2OC)cc1.COc1ccc(CSc2cc(Oc3c(Cl)cc([N+](=O)[O-])cc3Cl)ncc2OC)cc1.[H-]. The van der Waals surface area contributed by atoms with Gasteiger partial charge in [0, 0.05) is 41.5 Å². The molecule has 0 fully saturated rings. The normalized spacial score (nSPS) is 10.6. The molecule has 0 bridgehead atoms. The summed E-state index contributed by atoms with van der Waals surface area (Å²) >= 11 is 27.7. The molecule has 2 aromatic heterocycles. The first-order chi connectivity index (χ1) is 27.9. The number of nitro benzene ring substituents is 1. The number of aromatic nitrogens is 2. The first kappa shape index (κ1) is 44.1. The number of nitro groups is 1. The summed E-state index contributed by atoms with van der Waals surface area (Å²) in [6, 6.07) is 24.6. The maximum absolute atomic E-state index is 10.9. The minimum absolute atomic E-state index is 0. The molecule has 2 heterocycles. The largest absolute Gasteiger partial charge is 1.00 e. The average molecular weight is 906 g/mol. The third kappa shape index (κ3) is 12.0. The molecule has 0 spiro atoms. The van der Waals surface area contributed by atoms with Gasteiger partial charge in [-0.25, -0.2) is 9.97 Å². The van der Waals surface area contributed by atoms with Gasteiger partial charge in [0.15, 0.2) is 23.0 Å². The monoisotopic (exact) mass is 903 g/mol. The summed E-state index contributed by atoms with van der Waals surface area (Å²) in [5, 5.41) is 11.6. The number of anilines is 1. The van der Waals surface area contributed by atoms with E-state index in [4.69, 9.17) is 80.6 Å². The lowest BCUT2D eigenvalue weighted by molar-refractivity contribution is -0.384. The molecule has 304 valence electrons. The Morgan fingerprint density at radius 2 is 1.00 bits per heavy atom. The fourth-order valence-electron chi connectivity index (χ4n) is 4.86. The standard InChI is InChI=1S/C20H16Cl2N2O5S.C20H18Cl2N2O3S.H/c1-27-14-5-3-12(4-6-14)11-30-18-9-19(23-10-17(18)28-2)29-20-15(21)7-13(24(25)26)8-16(20)22;1-25-14-5-3-12(4-6-14)11-28-18-9-19(24-10-17(18)26-2)27-20-15(21)7-13(23)8-16(20)22;/h3-10H,11H2,1-2H3;3-10H,11,23H2,1-2H3;/q;;-1. The van der Waals surface area contributed by atoms with Crippen molar-refractivity contribution in [3.05, 3.63) is 139 Å². The van der Waals surface area contributed by atoms with E-state index in [1.54, 1.807) is 70.7 Å². The maximum atomic E-state index is 10.9. The van der Waals surface area contributed by atoms with E-state index >= 15 is 0 Å². The van der Waals surface area contributed by atoms with Crippen LogP contribution in [0.1, 0.15) is 12.6 Å². The van der Waals surface area contributed by atoms with Crippen LogP contribution in [0.25, 0.3) is 0 Å². The molecule has 12 nitrogen and oxygen atoms in total. The number of benzene rings is 4. The van der Waals surface area contributed by atoms with Gasteiger partial charge in [0.05, 0.1) is 75.6 Å². The lowest BCUT2D eigenvalue weighted by Crippen LogP contribution is -1.95. The zero-order valence-corrected chi connectivity index (χ0v) is 35.8. The van der Waals surface area contributed by atoms with Crippen LogP contribution in [-0.4, -0.2) is 43.3 Å². The smallest absolute Gasteiger partial charge is 0.272 e. The zero-order chi connectivity index (χ0) is 41.8. The number of rotatable bonds is 15. The summed E-state index contributed by atoms with van der Waals surface area (Å²) in [4.78, 5) is 20.5. The van der Waals surface area contributed by atoms with Crippen LogP contribution in [0.2, 0.25) is 20.1 Å². The number of nitrogens with two attached hydrogens (primary N) is 1. The molecule has 6 aromatic rings. The Balaban J connectivity index is 0.000000257. The summed E-state index contributed by atoms with van der Waals surface area (Å²) in [5.41, 5.74) is 8.21. The van der Waals surface area contributed by atoms with Crippen molar-refractivity contribution in [2.24, 2.45) is 0 Å². The first-order valence-corrected chi connectivity index (χ1v) is 20.2. The Morgan fingerprint density at radius 1 is 0.621 bits per heavy atom. The number of hydrogen-bond donors (Lipinski definition) is 1. The van der Waals surface area contributed by atoms with Gasteiger partial charge in [-0.15, -0.1) is 23.5 Å². The third-order valence-corrected chi connectivity index (χ3v) is 11.1. The second-order valence-corrected chi connectivity index (χ2v) is 15.3. The second kappa shape index (κ2) is 21.2. The summed E-state index contributed by atoms with van der Waals surface area (Å²) in [7, 11) is 6.42. The molecule has 0 saturated heterocycles. The number of halogens is 4. The second-order valence-electron chi connectivity index (χ2n) is 11.6. The van der Waals surface area contributed by atoms with E-state index in [2.05, 4.69) is 9.97 Å². The predicted octanol–water partition coefficient (Wildman–Crippen LogP) is 12.6. The number of nitrogen functional groups attached to an aromatic ring is 1. The highest BCUT2D eigenvalue weighted by Gasteiger charge is 2.18. The minimum atomic E-state index is -0.582. The quantitative estimate of drug-likeness (QED) is 0.0451. The van der Waals surface area contributed by atoms with E-state index < -0.39 is 4.92 Å². The molecular weight excluding hydrogens is 870 g/mol. The van der Waals surface area contributed by atoms with Gasteiger partial charge >= 0.3 is 0 Å². The van der Waals surface area contributed by atoms with Crippen LogP contribution in [0.4, 0.5) is 11.4 Å². The van der Waals surface area contributed by atoms with Crippen molar-refractivity contribution >= 4 is 81.3 Å². The number of thioether (sulfide) groups is 2. The molecule has 0 saturated carbocycles. The Bertz CT molecular complexity index is 2320. The van der Waals surface area contributed by atoms with Gasteiger partial charge in [-0.2, -0.15) is 0 Å². The molecule has 58 heavy (non-hydrogen) atoms. The van der Waals surface area contributed by atoms with Crippen molar-refractivity contribution in [1.82, 2.24) is 9.97 Å². The van der Waals surface area contributed by atoms with Crippen LogP contribution in [0.3, 0.4) is 0 Å². The van der Waals surface area contributed by atoms with E-state index in [1.807, 2.05) is 48.5 Å². The zero-order valence-electron chi connectivity index (χ0n) is 32.2. The van der Waals surface area contributed by atoms with Crippen molar-refractivity contribution in [3.8, 4) is 46.3 Å². The van der Waals surface area contributed by atoms with Gasteiger partial charge in [0.2, 0.25) is 11.8 Å². The van der Waals surface area contributed by atoms with Crippen molar-refractivity contribution in [2.45, 2.75) is 21.3 Å². The minimum Gasteiger partial charge on any atom is -1.00 e. The molecular formula is C40H35Cl4N4O8S2-. The fourth-order valence-corrected chi connectivity index (χ4v) is 7.95. The van der Waals surface area contributed by atoms with Crippen LogP contribution < -0.4 is 34.2 Å². The lowest BCUT2D eigenvalue weighted by Gasteiger charge is -2.12. The topological polar surface area (TPSA) is 150 Å². The Kier molecular flexibility index (Phi) is 16.1. The van der Waals surface area contributed by atoms with Crippen LogP contribution >= 0.6 is 69.9 Å². The van der Waals surface area contributed by atoms with Gasteiger partial charge in [0.25, 0.3) is 5.69 Å². The third-order valence-electron chi connectivity index (χ3n) is 7.79. The highest BCUT2D eigenvalue weighted by molar-refractivity contribution is 7.98. The summed E-state index contributed by atoms with van der Waals surface area (Å²) < 4.78 is 32.7. The van der Waals surface area contributed by atoms with E-state index in [0.717, 1.165) is 38.2 Å². The van der Waals surface area contributed by atoms with E-state index in [9.17, 15) is 10.1 Å². The summed E-state index contributed by atoms with van der Waals surface area (Å²) in [6.07, 6.45) is 3.13. The Hall–Kier alpha value is -4.96. The van der Waals surface area contributed by atoms with Crippen LogP contribution in [0.15, 0.2) is 107 Å². The predicted molar refractivity (Wildman–Crippen MR) is 232 cm³/mol. The summed E-state index contributed by atoms with van der Waals surface area (Å²) in [6.45, 7) is 0. The first-order valence-electron chi connectivity index (χ1n) is 16.7. The number of hydrogen-bond acceptors (Lipinski definition) is 13. The number of methoxy groups -OCH3 is 4. The Labute approximate surface area is 364 Å².